The van der Waals surface area contributed by atoms with E-state index in [0.29, 0.717) is 47.1 Å². The molecule has 2 nitrogen and oxygen atoms in total. The lowest BCUT2D eigenvalue weighted by molar-refractivity contribution is -0.172. The zero-order valence-corrected chi connectivity index (χ0v) is 6.44. The van der Waals surface area contributed by atoms with Crippen molar-refractivity contribution in [3.8, 4) is 0 Å². The highest BCUT2D eigenvalue weighted by atomic mass is 16.1. The Morgan fingerprint density at radius 1 is 0.583 bits per heavy atom. The van der Waals surface area contributed by atoms with E-state index in [1.165, 1.54) is 0 Å². The summed E-state index contributed by atoms with van der Waals surface area (Å²) in [5.74, 6) is 4.65. The Morgan fingerprint density at radius 3 is 1.33 bits per heavy atom. The molecule has 6 fully saturated rings. The highest BCUT2D eigenvalue weighted by Crippen LogP contribution is 2.85. The number of carbonyl (C=O) groups excluding carboxylic acids is 2. The summed E-state index contributed by atoms with van der Waals surface area (Å²) in [5.41, 5.74) is 0. The van der Waals surface area contributed by atoms with Crippen LogP contribution in [0.2, 0.25) is 0 Å². The van der Waals surface area contributed by atoms with Crippen LogP contribution in [0.15, 0.2) is 0 Å². The molecule has 0 unspecified atom stereocenters. The van der Waals surface area contributed by atoms with Gasteiger partial charge in [0.05, 0.1) is 0 Å². The third-order valence-corrected chi connectivity index (χ3v) is 5.52. The van der Waals surface area contributed by atoms with Crippen LogP contribution < -0.4 is 0 Å². The lowest BCUT2D eigenvalue weighted by Crippen LogP contribution is -2.61. The summed E-state index contributed by atoms with van der Waals surface area (Å²) >= 11 is 0. The quantitative estimate of drug-likeness (QED) is 0.504. The standard InChI is InChI=1S/C10H8O2/c11-9-5-1-2-4(5)8-7(9)3(1)6(2)10(8)12/h1-8H/t1-,2-,3-,4+,5+,6+,7+,8-/m0/s1. The van der Waals surface area contributed by atoms with Gasteiger partial charge in [-0.25, -0.2) is 0 Å². The summed E-state index contributed by atoms with van der Waals surface area (Å²) in [5, 5.41) is 0. The third kappa shape index (κ3) is 0.212. The molecule has 0 spiro atoms. The van der Waals surface area contributed by atoms with Crippen LogP contribution >= 0.6 is 0 Å². The molecule has 0 aliphatic heterocycles. The minimum atomic E-state index is 0.229. The van der Waals surface area contributed by atoms with Crippen LogP contribution in [0.1, 0.15) is 0 Å². The fourth-order valence-corrected chi connectivity index (χ4v) is 5.51. The molecule has 4 bridgehead atoms. The zero-order chi connectivity index (χ0) is 7.77. The first-order valence-corrected chi connectivity index (χ1v) is 4.90. The highest BCUT2D eigenvalue weighted by Gasteiger charge is 2.90. The Kier molecular flexibility index (Phi) is 0.450. The van der Waals surface area contributed by atoms with Crippen LogP contribution in [0.3, 0.4) is 0 Å². The number of rotatable bonds is 0. The third-order valence-electron chi connectivity index (χ3n) is 5.52. The van der Waals surface area contributed by atoms with Crippen molar-refractivity contribution >= 4 is 11.6 Å². The summed E-state index contributed by atoms with van der Waals surface area (Å²) in [6.45, 7) is 0. The van der Waals surface area contributed by atoms with Crippen LogP contribution in [0.4, 0.5) is 0 Å². The largest absolute Gasteiger partial charge is 0.299 e. The molecule has 8 atom stereocenters. The van der Waals surface area contributed by atoms with Crippen molar-refractivity contribution in [3.05, 3.63) is 0 Å². The predicted octanol–water partition coefficient (Wildman–Crippen LogP) is 0.122. The van der Waals surface area contributed by atoms with Gasteiger partial charge in [-0.3, -0.25) is 9.59 Å². The molecule has 0 aromatic heterocycles. The summed E-state index contributed by atoms with van der Waals surface area (Å²) in [7, 11) is 0. The van der Waals surface area contributed by atoms with Crippen molar-refractivity contribution in [1.29, 1.82) is 0 Å². The number of Topliss-reactive ketones (excluding diaryl/α,β-unsaturated/α-hetero) is 2. The maximum atomic E-state index is 11.7. The Balaban J connectivity index is 1.93. The maximum absolute atomic E-state index is 11.7. The van der Waals surface area contributed by atoms with E-state index in [0.717, 1.165) is 0 Å². The van der Waals surface area contributed by atoms with Crippen molar-refractivity contribution in [2.24, 2.45) is 47.3 Å². The molecule has 0 amide bonds. The molecular weight excluding hydrogens is 152 g/mol. The van der Waals surface area contributed by atoms with E-state index in [-0.39, 0.29) is 11.8 Å². The topological polar surface area (TPSA) is 34.1 Å². The van der Waals surface area contributed by atoms with Crippen molar-refractivity contribution in [1.82, 2.24) is 0 Å². The number of hydrogen-bond donors (Lipinski definition) is 0. The maximum Gasteiger partial charge on any atom is 0.140 e. The Bertz CT molecular complexity index is 336. The molecule has 0 N–H and O–H groups in total. The lowest BCUT2D eigenvalue weighted by Gasteiger charge is -2.61. The van der Waals surface area contributed by atoms with Gasteiger partial charge in [-0.15, -0.1) is 0 Å². The monoisotopic (exact) mass is 160 g/mol. The highest BCUT2D eigenvalue weighted by molar-refractivity contribution is 6.07. The van der Waals surface area contributed by atoms with Crippen molar-refractivity contribution < 1.29 is 9.59 Å². The predicted molar refractivity (Wildman–Crippen MR) is 37.9 cm³/mol. The van der Waals surface area contributed by atoms with Gasteiger partial charge in [-0.1, -0.05) is 0 Å². The first-order valence-electron chi connectivity index (χ1n) is 4.90. The molecule has 0 saturated heterocycles. The van der Waals surface area contributed by atoms with Gasteiger partial charge in [0.1, 0.15) is 11.6 Å². The van der Waals surface area contributed by atoms with Crippen molar-refractivity contribution in [3.63, 3.8) is 0 Å². The van der Waals surface area contributed by atoms with Gasteiger partial charge in [-0.2, -0.15) is 0 Å². The van der Waals surface area contributed by atoms with Gasteiger partial charge in [0.15, 0.2) is 0 Å². The molecule has 12 heavy (non-hydrogen) atoms. The van der Waals surface area contributed by atoms with Crippen LogP contribution in [0.5, 0.6) is 0 Å². The minimum Gasteiger partial charge on any atom is -0.299 e. The number of hydrogen-bond acceptors (Lipinski definition) is 2. The first-order chi connectivity index (χ1) is 5.82. The lowest BCUT2D eigenvalue weighted by atomic mass is 9.41. The SMILES string of the molecule is O=C1[C@H]2[C@H]3C(=O)[C@H]4[C@@H]2[C@H]2[C@@H]1[C@H]3[C@@H]42. The van der Waals surface area contributed by atoms with E-state index in [4.69, 9.17) is 0 Å². The van der Waals surface area contributed by atoms with Gasteiger partial charge in [0.2, 0.25) is 0 Å². The van der Waals surface area contributed by atoms with Crippen LogP contribution in [-0.4, -0.2) is 11.6 Å². The molecule has 0 radical (unpaired) electrons. The molecule has 2 heteroatoms. The van der Waals surface area contributed by atoms with Gasteiger partial charge in [0, 0.05) is 23.7 Å². The Hall–Kier alpha value is -0.660. The molecule has 60 valence electrons. The fourth-order valence-electron chi connectivity index (χ4n) is 5.51. The number of carbonyl (C=O) groups is 2. The number of ketones is 2. The molecule has 6 rings (SSSR count). The van der Waals surface area contributed by atoms with Gasteiger partial charge < -0.3 is 0 Å². The van der Waals surface area contributed by atoms with Crippen LogP contribution in [0.25, 0.3) is 0 Å². The second kappa shape index (κ2) is 1.05. The van der Waals surface area contributed by atoms with Gasteiger partial charge in [0.25, 0.3) is 0 Å². The van der Waals surface area contributed by atoms with E-state index >= 15 is 0 Å². The molecule has 0 heterocycles. The Labute approximate surface area is 69.3 Å². The van der Waals surface area contributed by atoms with E-state index in [1.807, 2.05) is 0 Å². The molecule has 6 aliphatic carbocycles. The molecule has 0 aromatic carbocycles. The van der Waals surface area contributed by atoms with Gasteiger partial charge in [-0.05, 0) is 23.7 Å². The normalized spacial score (nSPS) is 78.3. The molecule has 6 aliphatic rings. The second-order valence-corrected chi connectivity index (χ2v) is 5.22. The second-order valence-electron chi connectivity index (χ2n) is 5.22. The summed E-state index contributed by atoms with van der Waals surface area (Å²) in [4.78, 5) is 23.4. The minimum absolute atomic E-state index is 0.229. The molecule has 0 aromatic rings. The van der Waals surface area contributed by atoms with E-state index in [2.05, 4.69) is 0 Å². The van der Waals surface area contributed by atoms with E-state index in [9.17, 15) is 9.59 Å². The Morgan fingerprint density at radius 2 is 1.00 bits per heavy atom. The van der Waals surface area contributed by atoms with Crippen molar-refractivity contribution in [2.45, 2.75) is 0 Å². The van der Waals surface area contributed by atoms with Crippen molar-refractivity contribution in [2.75, 3.05) is 0 Å². The van der Waals surface area contributed by atoms with Crippen LogP contribution in [-0.2, 0) is 9.59 Å². The summed E-state index contributed by atoms with van der Waals surface area (Å²) in [6, 6.07) is 0. The zero-order valence-electron chi connectivity index (χ0n) is 6.44. The van der Waals surface area contributed by atoms with Gasteiger partial charge >= 0.3 is 0 Å². The summed E-state index contributed by atoms with van der Waals surface area (Å²) in [6.07, 6.45) is 0. The fraction of sp³-hybridized carbons (Fsp3) is 0.800. The van der Waals surface area contributed by atoms with E-state index in [1.54, 1.807) is 0 Å². The first kappa shape index (κ1) is 5.15. The average Bonchev–Trinajstić information content (AvgIpc) is 2.45. The molecule has 6 saturated carbocycles. The summed E-state index contributed by atoms with van der Waals surface area (Å²) < 4.78 is 0. The average molecular weight is 160 g/mol. The molecular formula is C10H8O2. The van der Waals surface area contributed by atoms with E-state index < -0.39 is 0 Å². The van der Waals surface area contributed by atoms with Crippen LogP contribution in [0, 0.1) is 47.3 Å². The smallest absolute Gasteiger partial charge is 0.140 e.